The lowest BCUT2D eigenvalue weighted by molar-refractivity contribution is 0.453. The van der Waals surface area contributed by atoms with Gasteiger partial charge in [-0.15, -0.1) is 0 Å². The first-order valence-electron chi connectivity index (χ1n) is 6.10. The highest BCUT2D eigenvalue weighted by molar-refractivity contribution is 4.78. The molecule has 0 saturated carbocycles. The molecule has 0 amide bonds. The Kier molecular flexibility index (Phi) is 6.11. The molecule has 0 aliphatic rings. The predicted octanol–water partition coefficient (Wildman–Crippen LogP) is 1.11. The van der Waals surface area contributed by atoms with Gasteiger partial charge in [-0.05, 0) is 25.5 Å². The van der Waals surface area contributed by atoms with Crippen LogP contribution in [-0.2, 0) is 6.54 Å². The van der Waals surface area contributed by atoms with E-state index < -0.39 is 0 Å². The normalized spacial score (nSPS) is 13.2. The minimum absolute atomic E-state index is 0.509. The fourth-order valence-electron chi connectivity index (χ4n) is 1.52. The van der Waals surface area contributed by atoms with E-state index in [0.717, 1.165) is 32.1 Å². The maximum atomic E-state index is 4.16. The van der Waals surface area contributed by atoms with Crippen molar-refractivity contribution in [3.8, 4) is 0 Å². The second-order valence-corrected chi connectivity index (χ2v) is 4.68. The highest BCUT2D eigenvalue weighted by Gasteiger charge is 2.01. The second kappa shape index (κ2) is 7.41. The Morgan fingerprint density at radius 3 is 2.69 bits per heavy atom. The molecule has 1 aromatic heterocycles. The average Bonchev–Trinajstić information content (AvgIpc) is 2.70. The number of hydrogen-bond donors (Lipinski definition) is 2. The molecule has 1 rings (SSSR count). The Morgan fingerprint density at radius 1 is 1.25 bits per heavy atom. The molecule has 1 atom stereocenters. The summed E-state index contributed by atoms with van der Waals surface area (Å²) in [6.07, 6.45) is 3.80. The third kappa shape index (κ3) is 5.88. The van der Waals surface area contributed by atoms with Crippen LogP contribution in [0.1, 0.15) is 20.8 Å². The van der Waals surface area contributed by atoms with Gasteiger partial charge in [0.05, 0.1) is 6.54 Å². The van der Waals surface area contributed by atoms with Crippen LogP contribution in [0.3, 0.4) is 0 Å². The summed E-state index contributed by atoms with van der Waals surface area (Å²) in [4.78, 5) is 0. The number of nitrogens with one attached hydrogen (secondary N) is 2. The van der Waals surface area contributed by atoms with Crippen molar-refractivity contribution in [2.24, 2.45) is 5.92 Å². The first-order valence-corrected chi connectivity index (χ1v) is 6.10. The number of aromatic nitrogens is 2. The molecule has 4 heteroatoms. The second-order valence-electron chi connectivity index (χ2n) is 4.68. The average molecular weight is 224 g/mol. The van der Waals surface area contributed by atoms with Crippen molar-refractivity contribution in [2.75, 3.05) is 19.6 Å². The van der Waals surface area contributed by atoms with Gasteiger partial charge in [0.2, 0.25) is 0 Å². The fraction of sp³-hybridized carbons (Fsp3) is 0.750. The van der Waals surface area contributed by atoms with Gasteiger partial charge in [0.25, 0.3) is 0 Å². The largest absolute Gasteiger partial charge is 0.315 e. The zero-order chi connectivity index (χ0) is 11.8. The van der Waals surface area contributed by atoms with E-state index in [2.05, 4.69) is 36.5 Å². The van der Waals surface area contributed by atoms with E-state index in [1.807, 2.05) is 23.1 Å². The molecule has 16 heavy (non-hydrogen) atoms. The van der Waals surface area contributed by atoms with Gasteiger partial charge in [0, 0.05) is 31.5 Å². The molecule has 2 N–H and O–H groups in total. The van der Waals surface area contributed by atoms with Crippen molar-refractivity contribution in [3.05, 3.63) is 18.5 Å². The molecule has 0 spiro atoms. The standard InChI is InChI=1S/C12H24N4/c1-11(2)9-13-10-12(3)14-6-8-16-7-4-5-15-16/h4-5,7,11-14H,6,8-10H2,1-3H3. The van der Waals surface area contributed by atoms with Crippen molar-refractivity contribution in [2.45, 2.75) is 33.4 Å². The Balaban J connectivity index is 2.00. The van der Waals surface area contributed by atoms with Crippen molar-refractivity contribution in [1.82, 2.24) is 20.4 Å². The van der Waals surface area contributed by atoms with E-state index in [-0.39, 0.29) is 0 Å². The van der Waals surface area contributed by atoms with Crippen LogP contribution in [0.2, 0.25) is 0 Å². The molecule has 0 aliphatic heterocycles. The van der Waals surface area contributed by atoms with Crippen LogP contribution in [0.15, 0.2) is 18.5 Å². The van der Waals surface area contributed by atoms with E-state index in [4.69, 9.17) is 0 Å². The molecule has 0 saturated heterocycles. The molecule has 4 nitrogen and oxygen atoms in total. The minimum Gasteiger partial charge on any atom is -0.315 e. The van der Waals surface area contributed by atoms with Gasteiger partial charge in [-0.3, -0.25) is 4.68 Å². The van der Waals surface area contributed by atoms with Gasteiger partial charge >= 0.3 is 0 Å². The lowest BCUT2D eigenvalue weighted by Crippen LogP contribution is -2.38. The number of hydrogen-bond acceptors (Lipinski definition) is 3. The van der Waals surface area contributed by atoms with Crippen molar-refractivity contribution in [1.29, 1.82) is 0 Å². The Labute approximate surface area is 98.4 Å². The fourth-order valence-corrected chi connectivity index (χ4v) is 1.52. The van der Waals surface area contributed by atoms with Gasteiger partial charge in [0.15, 0.2) is 0 Å². The summed E-state index contributed by atoms with van der Waals surface area (Å²) in [5.41, 5.74) is 0. The van der Waals surface area contributed by atoms with E-state index in [1.165, 1.54) is 0 Å². The summed E-state index contributed by atoms with van der Waals surface area (Å²) in [7, 11) is 0. The maximum absolute atomic E-state index is 4.16. The molecule has 1 aromatic rings. The van der Waals surface area contributed by atoms with Crippen LogP contribution in [0.4, 0.5) is 0 Å². The first-order chi connectivity index (χ1) is 7.68. The summed E-state index contributed by atoms with van der Waals surface area (Å²) in [5.74, 6) is 0.719. The molecule has 92 valence electrons. The van der Waals surface area contributed by atoms with Crippen LogP contribution in [-0.4, -0.2) is 35.5 Å². The third-order valence-electron chi connectivity index (χ3n) is 2.40. The van der Waals surface area contributed by atoms with Gasteiger partial charge < -0.3 is 10.6 Å². The highest BCUT2D eigenvalue weighted by atomic mass is 15.3. The summed E-state index contributed by atoms with van der Waals surface area (Å²) < 4.78 is 1.95. The van der Waals surface area contributed by atoms with Crippen LogP contribution >= 0.6 is 0 Å². The van der Waals surface area contributed by atoms with Gasteiger partial charge in [-0.1, -0.05) is 13.8 Å². The van der Waals surface area contributed by atoms with Crippen molar-refractivity contribution in [3.63, 3.8) is 0 Å². The Bertz CT molecular complexity index is 256. The number of rotatable bonds is 8. The quantitative estimate of drug-likeness (QED) is 0.695. The summed E-state index contributed by atoms with van der Waals surface area (Å²) in [6.45, 7) is 10.7. The Morgan fingerprint density at radius 2 is 2.06 bits per heavy atom. The first kappa shape index (κ1) is 13.2. The van der Waals surface area contributed by atoms with E-state index in [9.17, 15) is 0 Å². The molecule has 0 radical (unpaired) electrons. The minimum atomic E-state index is 0.509. The maximum Gasteiger partial charge on any atom is 0.0534 e. The van der Waals surface area contributed by atoms with E-state index in [0.29, 0.717) is 6.04 Å². The molecule has 1 unspecified atom stereocenters. The summed E-state index contributed by atoms with van der Waals surface area (Å²) >= 11 is 0. The van der Waals surface area contributed by atoms with Crippen LogP contribution in [0, 0.1) is 5.92 Å². The monoisotopic (exact) mass is 224 g/mol. The molecule has 0 aliphatic carbocycles. The van der Waals surface area contributed by atoms with Crippen LogP contribution in [0.25, 0.3) is 0 Å². The summed E-state index contributed by atoms with van der Waals surface area (Å²) in [6, 6.07) is 2.46. The zero-order valence-corrected chi connectivity index (χ0v) is 10.6. The molecule has 0 fully saturated rings. The smallest absolute Gasteiger partial charge is 0.0534 e. The molecule has 1 heterocycles. The molecule has 0 aromatic carbocycles. The van der Waals surface area contributed by atoms with E-state index in [1.54, 1.807) is 0 Å². The van der Waals surface area contributed by atoms with Crippen LogP contribution < -0.4 is 10.6 Å². The van der Waals surface area contributed by atoms with Gasteiger partial charge in [-0.25, -0.2) is 0 Å². The highest BCUT2D eigenvalue weighted by Crippen LogP contribution is 1.88. The van der Waals surface area contributed by atoms with Crippen molar-refractivity contribution < 1.29 is 0 Å². The number of nitrogens with zero attached hydrogens (tertiary/aromatic N) is 2. The SMILES string of the molecule is CC(C)CNCC(C)NCCn1cccn1. The Hall–Kier alpha value is -0.870. The summed E-state index contributed by atoms with van der Waals surface area (Å²) in [5, 5.41) is 11.1. The topological polar surface area (TPSA) is 41.9 Å². The van der Waals surface area contributed by atoms with Gasteiger partial charge in [-0.2, -0.15) is 5.10 Å². The lowest BCUT2D eigenvalue weighted by atomic mass is 10.2. The molecule has 0 bridgehead atoms. The van der Waals surface area contributed by atoms with Crippen LogP contribution in [0.5, 0.6) is 0 Å². The third-order valence-corrected chi connectivity index (χ3v) is 2.40. The van der Waals surface area contributed by atoms with E-state index >= 15 is 0 Å². The zero-order valence-electron chi connectivity index (χ0n) is 10.6. The van der Waals surface area contributed by atoms with Crippen molar-refractivity contribution >= 4 is 0 Å². The van der Waals surface area contributed by atoms with Gasteiger partial charge in [0.1, 0.15) is 0 Å². The molecular weight excluding hydrogens is 200 g/mol. The molecular formula is C12H24N4. The lowest BCUT2D eigenvalue weighted by Gasteiger charge is -2.15. The predicted molar refractivity (Wildman–Crippen MR) is 67.4 cm³/mol.